The highest BCUT2D eigenvalue weighted by Crippen LogP contribution is 2.23. The number of fused-ring (bicyclic) bond motifs is 1. The Hall–Kier alpha value is -1.65. The first-order valence-corrected chi connectivity index (χ1v) is 7.47. The smallest absolute Gasteiger partial charge is 0.178 e. The van der Waals surface area contributed by atoms with Crippen LogP contribution in [-0.2, 0) is 13.0 Å². The largest absolute Gasteiger partial charge is 0.330 e. The summed E-state index contributed by atoms with van der Waals surface area (Å²) in [6.45, 7) is 2.82. The van der Waals surface area contributed by atoms with Gasteiger partial charge in [-0.15, -0.1) is 0 Å². The van der Waals surface area contributed by atoms with Gasteiger partial charge in [-0.2, -0.15) is 0 Å². The quantitative estimate of drug-likeness (QED) is 0.670. The number of hydrogen-bond donors (Lipinski definition) is 1. The Morgan fingerprint density at radius 2 is 2.05 bits per heavy atom. The molecule has 3 aromatic rings. The summed E-state index contributed by atoms with van der Waals surface area (Å²) in [5, 5.41) is 0.112. The molecule has 0 amide bonds. The Balaban J connectivity index is 1.97. The van der Waals surface area contributed by atoms with E-state index < -0.39 is 5.82 Å². The molecule has 3 rings (SSSR count). The minimum absolute atomic E-state index is 0.112. The zero-order valence-electron chi connectivity index (χ0n) is 11.5. The first-order valence-electron chi connectivity index (χ1n) is 6.68. The molecule has 0 aliphatic rings. The van der Waals surface area contributed by atoms with Crippen molar-refractivity contribution in [1.82, 2.24) is 9.55 Å². The van der Waals surface area contributed by atoms with Crippen LogP contribution in [0.1, 0.15) is 11.1 Å². The molecule has 0 spiro atoms. The van der Waals surface area contributed by atoms with Crippen molar-refractivity contribution in [1.29, 1.82) is 0 Å². The fraction of sp³-hybridized carbons (Fsp3) is 0.188. The number of benzene rings is 2. The Bertz CT molecular complexity index is 866. The van der Waals surface area contributed by atoms with Crippen LogP contribution in [0.5, 0.6) is 0 Å². The van der Waals surface area contributed by atoms with Crippen molar-refractivity contribution in [3.8, 4) is 0 Å². The van der Waals surface area contributed by atoms with Gasteiger partial charge >= 0.3 is 0 Å². The molecule has 1 aromatic heterocycles. The number of nitrogens with one attached hydrogen (secondary N) is 1. The monoisotopic (exact) mass is 320 g/mol. The number of aromatic amines is 1. The molecule has 1 heterocycles. The number of rotatable bonds is 3. The molecule has 0 radical (unpaired) electrons. The van der Waals surface area contributed by atoms with E-state index in [1.165, 1.54) is 17.2 Å². The maximum absolute atomic E-state index is 13.5. The second-order valence-electron chi connectivity index (χ2n) is 5.04. The van der Waals surface area contributed by atoms with Crippen molar-refractivity contribution in [2.75, 3.05) is 0 Å². The van der Waals surface area contributed by atoms with Gasteiger partial charge in [0.15, 0.2) is 4.77 Å². The lowest BCUT2D eigenvalue weighted by Crippen LogP contribution is -2.02. The third kappa shape index (κ3) is 2.74. The number of halogens is 2. The normalized spacial score (nSPS) is 11.2. The standard InChI is InChI=1S/C16H14ClFN2S/c1-10-4-2-3-5-11(10)6-7-20-15-8-12(17)13(18)9-14(15)19-16(20)21/h2-5,8-9H,6-7H2,1H3,(H,19,21). The lowest BCUT2D eigenvalue weighted by atomic mass is 10.1. The minimum atomic E-state index is -0.438. The predicted molar refractivity (Wildman–Crippen MR) is 87.0 cm³/mol. The van der Waals surface area contributed by atoms with Crippen LogP contribution >= 0.6 is 23.8 Å². The average molecular weight is 321 g/mol. The highest BCUT2D eigenvalue weighted by Gasteiger charge is 2.09. The average Bonchev–Trinajstić information content (AvgIpc) is 2.74. The van der Waals surface area contributed by atoms with E-state index in [0.29, 0.717) is 10.3 Å². The SMILES string of the molecule is Cc1ccccc1CCn1c(=S)[nH]c2cc(F)c(Cl)cc21. The molecule has 0 aliphatic heterocycles. The van der Waals surface area contributed by atoms with E-state index in [1.54, 1.807) is 6.07 Å². The van der Waals surface area contributed by atoms with Crippen molar-refractivity contribution in [3.63, 3.8) is 0 Å². The molecule has 0 saturated heterocycles. The number of aryl methyl sites for hydroxylation is 3. The molecule has 0 unspecified atom stereocenters. The number of H-pyrrole nitrogens is 1. The number of nitrogens with zero attached hydrogens (tertiary/aromatic N) is 1. The van der Waals surface area contributed by atoms with Crippen LogP contribution in [0, 0.1) is 17.5 Å². The summed E-state index contributed by atoms with van der Waals surface area (Å²) in [7, 11) is 0. The molecule has 0 aliphatic carbocycles. The van der Waals surface area contributed by atoms with E-state index >= 15 is 0 Å². The summed E-state index contributed by atoms with van der Waals surface area (Å²) in [4.78, 5) is 3.03. The molecule has 2 nitrogen and oxygen atoms in total. The second-order valence-corrected chi connectivity index (χ2v) is 5.84. The molecule has 0 atom stereocenters. The highest BCUT2D eigenvalue weighted by atomic mass is 35.5. The number of hydrogen-bond acceptors (Lipinski definition) is 1. The van der Waals surface area contributed by atoms with Crippen molar-refractivity contribution in [2.24, 2.45) is 0 Å². The van der Waals surface area contributed by atoms with Gasteiger partial charge in [0.05, 0.1) is 16.1 Å². The first kappa shape index (κ1) is 14.3. The van der Waals surface area contributed by atoms with E-state index in [1.807, 2.05) is 16.7 Å². The number of imidazole rings is 1. The fourth-order valence-electron chi connectivity index (χ4n) is 2.50. The van der Waals surface area contributed by atoms with Gasteiger partial charge in [0.25, 0.3) is 0 Å². The highest BCUT2D eigenvalue weighted by molar-refractivity contribution is 7.71. The van der Waals surface area contributed by atoms with Gasteiger partial charge in [-0.25, -0.2) is 4.39 Å². The fourth-order valence-corrected chi connectivity index (χ4v) is 2.95. The maximum atomic E-state index is 13.5. The molecule has 0 saturated carbocycles. The van der Waals surface area contributed by atoms with Crippen molar-refractivity contribution < 1.29 is 4.39 Å². The van der Waals surface area contributed by atoms with Gasteiger partial charge in [-0.3, -0.25) is 0 Å². The molecule has 2 aromatic carbocycles. The summed E-state index contributed by atoms with van der Waals surface area (Å²) < 4.78 is 16.0. The number of aromatic nitrogens is 2. The van der Waals surface area contributed by atoms with Crippen LogP contribution in [0.4, 0.5) is 4.39 Å². The molecule has 0 fully saturated rings. The lowest BCUT2D eigenvalue weighted by Gasteiger charge is -2.07. The third-order valence-corrected chi connectivity index (χ3v) is 4.29. The molecular weight excluding hydrogens is 307 g/mol. The zero-order chi connectivity index (χ0) is 15.0. The van der Waals surface area contributed by atoms with Crippen LogP contribution in [0.2, 0.25) is 5.02 Å². The van der Waals surface area contributed by atoms with Crippen LogP contribution in [0.25, 0.3) is 11.0 Å². The van der Waals surface area contributed by atoms with Crippen LogP contribution in [-0.4, -0.2) is 9.55 Å². The van der Waals surface area contributed by atoms with Gasteiger partial charge in [0, 0.05) is 12.6 Å². The summed E-state index contributed by atoms with van der Waals surface area (Å²) >= 11 is 11.2. The first-order chi connectivity index (χ1) is 10.1. The Kier molecular flexibility index (Phi) is 3.83. The zero-order valence-corrected chi connectivity index (χ0v) is 13.1. The topological polar surface area (TPSA) is 20.7 Å². The van der Waals surface area contributed by atoms with Gasteiger partial charge in [0.2, 0.25) is 0 Å². The van der Waals surface area contributed by atoms with Crippen LogP contribution in [0.3, 0.4) is 0 Å². The molecular formula is C16H14ClFN2S. The maximum Gasteiger partial charge on any atom is 0.178 e. The molecule has 5 heteroatoms. The van der Waals surface area contributed by atoms with E-state index in [-0.39, 0.29) is 5.02 Å². The van der Waals surface area contributed by atoms with E-state index in [9.17, 15) is 4.39 Å². The molecule has 0 bridgehead atoms. The van der Waals surface area contributed by atoms with Crippen LogP contribution < -0.4 is 0 Å². The summed E-state index contributed by atoms with van der Waals surface area (Å²) in [5.74, 6) is -0.438. The molecule has 108 valence electrons. The van der Waals surface area contributed by atoms with Crippen molar-refractivity contribution >= 4 is 34.9 Å². The Morgan fingerprint density at radius 3 is 2.81 bits per heavy atom. The second kappa shape index (κ2) is 5.62. The third-order valence-electron chi connectivity index (χ3n) is 3.68. The Labute approximate surface area is 132 Å². The van der Waals surface area contributed by atoms with Crippen molar-refractivity contribution in [2.45, 2.75) is 19.9 Å². The van der Waals surface area contributed by atoms with Gasteiger partial charge in [0.1, 0.15) is 5.82 Å². The lowest BCUT2D eigenvalue weighted by molar-refractivity contribution is 0.629. The molecule has 21 heavy (non-hydrogen) atoms. The Morgan fingerprint density at radius 1 is 1.29 bits per heavy atom. The predicted octanol–water partition coefficient (Wildman–Crippen LogP) is 5.04. The van der Waals surface area contributed by atoms with Crippen LogP contribution in [0.15, 0.2) is 36.4 Å². The van der Waals surface area contributed by atoms with E-state index in [4.69, 9.17) is 23.8 Å². The minimum Gasteiger partial charge on any atom is -0.330 e. The molecule has 1 N–H and O–H groups in total. The summed E-state index contributed by atoms with van der Waals surface area (Å²) in [6, 6.07) is 11.3. The van der Waals surface area contributed by atoms with Gasteiger partial charge in [-0.1, -0.05) is 35.9 Å². The summed E-state index contributed by atoms with van der Waals surface area (Å²) in [5.41, 5.74) is 4.04. The van der Waals surface area contributed by atoms with Crippen molar-refractivity contribution in [3.05, 3.63) is 63.1 Å². The van der Waals surface area contributed by atoms with E-state index in [0.717, 1.165) is 18.5 Å². The van der Waals surface area contributed by atoms with Gasteiger partial charge in [-0.05, 0) is 42.8 Å². The summed E-state index contributed by atoms with van der Waals surface area (Å²) in [6.07, 6.45) is 0.864. The van der Waals surface area contributed by atoms with E-state index in [2.05, 4.69) is 24.0 Å². The van der Waals surface area contributed by atoms with Gasteiger partial charge < -0.3 is 9.55 Å².